The molecule has 0 atom stereocenters. The van der Waals surface area contributed by atoms with E-state index < -0.39 is 0 Å². The molecule has 1 aromatic heterocycles. The summed E-state index contributed by atoms with van der Waals surface area (Å²) in [4.78, 5) is 2.37. The molecule has 1 heterocycles. The van der Waals surface area contributed by atoms with Crippen molar-refractivity contribution in [3.8, 4) is 33.4 Å². The average molecular weight is 664 g/mol. The number of nitrogens with zero attached hydrogens (tertiary/aromatic N) is 1. The molecule has 52 heavy (non-hydrogen) atoms. The van der Waals surface area contributed by atoms with Crippen LogP contribution in [0.1, 0.15) is 0 Å². The smallest absolute Gasteiger partial charge is 0.159 e. The fourth-order valence-corrected chi connectivity index (χ4v) is 7.70. The van der Waals surface area contributed by atoms with E-state index in [1.807, 2.05) is 6.07 Å². The van der Waals surface area contributed by atoms with E-state index in [0.29, 0.717) is 0 Å². The van der Waals surface area contributed by atoms with Gasteiger partial charge < -0.3 is 9.32 Å². The average Bonchev–Trinajstić information content (AvgIpc) is 3.61. The zero-order chi connectivity index (χ0) is 34.4. The van der Waals surface area contributed by atoms with Gasteiger partial charge in [0.05, 0.1) is 11.4 Å². The first-order valence-corrected chi connectivity index (χ1v) is 17.8. The number of benzene rings is 9. The maximum Gasteiger partial charge on any atom is 0.159 e. The largest absolute Gasteiger partial charge is 0.454 e. The third-order valence-electron chi connectivity index (χ3n) is 10.3. The Morgan fingerprint density at radius 1 is 0.308 bits per heavy atom. The zero-order valence-corrected chi connectivity index (χ0v) is 28.4. The molecular formula is C50H33NO. The van der Waals surface area contributed by atoms with E-state index in [1.165, 1.54) is 54.9 Å². The third kappa shape index (κ3) is 5.12. The molecule has 244 valence electrons. The molecule has 10 aromatic rings. The van der Waals surface area contributed by atoms with Gasteiger partial charge in [0.15, 0.2) is 5.58 Å². The highest BCUT2D eigenvalue weighted by molar-refractivity contribution is 6.16. The van der Waals surface area contributed by atoms with E-state index in [2.05, 4.69) is 199 Å². The summed E-state index contributed by atoms with van der Waals surface area (Å²) < 4.78 is 6.64. The van der Waals surface area contributed by atoms with E-state index in [1.54, 1.807) is 0 Å². The molecule has 0 fully saturated rings. The van der Waals surface area contributed by atoms with E-state index in [-0.39, 0.29) is 0 Å². The first-order valence-electron chi connectivity index (χ1n) is 17.8. The topological polar surface area (TPSA) is 16.4 Å². The van der Waals surface area contributed by atoms with Crippen molar-refractivity contribution in [3.63, 3.8) is 0 Å². The zero-order valence-electron chi connectivity index (χ0n) is 28.4. The van der Waals surface area contributed by atoms with Crippen molar-refractivity contribution < 1.29 is 4.42 Å². The number of hydrogen-bond acceptors (Lipinski definition) is 2. The minimum Gasteiger partial charge on any atom is -0.454 e. The van der Waals surface area contributed by atoms with Crippen LogP contribution in [-0.4, -0.2) is 0 Å². The summed E-state index contributed by atoms with van der Waals surface area (Å²) in [6, 6.07) is 71.6. The summed E-state index contributed by atoms with van der Waals surface area (Å²) >= 11 is 0. The van der Waals surface area contributed by atoms with E-state index >= 15 is 0 Å². The quantitative estimate of drug-likeness (QED) is 0.165. The fourth-order valence-electron chi connectivity index (χ4n) is 7.70. The predicted molar refractivity (Wildman–Crippen MR) is 220 cm³/mol. The second-order valence-corrected chi connectivity index (χ2v) is 13.3. The van der Waals surface area contributed by atoms with E-state index in [4.69, 9.17) is 4.42 Å². The first-order chi connectivity index (χ1) is 25.8. The Labute approximate surface area is 302 Å². The highest BCUT2D eigenvalue weighted by Crippen LogP contribution is 2.46. The van der Waals surface area contributed by atoms with Gasteiger partial charge in [0.2, 0.25) is 0 Å². The minimum absolute atomic E-state index is 0.872. The van der Waals surface area contributed by atoms with Crippen LogP contribution in [0, 0.1) is 0 Å². The van der Waals surface area contributed by atoms with Crippen molar-refractivity contribution in [1.29, 1.82) is 0 Å². The molecule has 0 N–H and O–H groups in total. The number of para-hydroxylation sites is 2. The molecule has 9 aromatic carbocycles. The lowest BCUT2D eigenvalue weighted by molar-refractivity contribution is 0.669. The van der Waals surface area contributed by atoms with Crippen LogP contribution < -0.4 is 4.90 Å². The maximum atomic E-state index is 6.64. The van der Waals surface area contributed by atoms with Gasteiger partial charge in [-0.25, -0.2) is 0 Å². The van der Waals surface area contributed by atoms with Crippen LogP contribution in [0.5, 0.6) is 0 Å². The highest BCUT2D eigenvalue weighted by Gasteiger charge is 2.22. The van der Waals surface area contributed by atoms with Gasteiger partial charge in [0.25, 0.3) is 0 Å². The summed E-state index contributed by atoms with van der Waals surface area (Å²) in [5.41, 5.74) is 12.1. The Morgan fingerprint density at radius 3 is 1.58 bits per heavy atom. The predicted octanol–water partition coefficient (Wildman–Crippen LogP) is 14.4. The molecule has 0 unspecified atom stereocenters. The summed E-state index contributed by atoms with van der Waals surface area (Å²) in [6.07, 6.45) is 0. The Morgan fingerprint density at radius 2 is 0.827 bits per heavy atom. The first kappa shape index (κ1) is 30.0. The fraction of sp³-hybridized carbons (Fsp3) is 0. The van der Waals surface area contributed by atoms with Gasteiger partial charge in [0, 0.05) is 21.8 Å². The van der Waals surface area contributed by atoms with Crippen LogP contribution >= 0.6 is 0 Å². The van der Waals surface area contributed by atoms with Crippen LogP contribution in [0.25, 0.3) is 76.9 Å². The Kier molecular flexibility index (Phi) is 7.18. The molecule has 0 bridgehead atoms. The Bertz CT molecular complexity index is 2890. The monoisotopic (exact) mass is 663 g/mol. The molecule has 0 saturated carbocycles. The number of anilines is 3. The lowest BCUT2D eigenvalue weighted by Gasteiger charge is -2.27. The molecule has 0 aliphatic heterocycles. The molecular weight excluding hydrogens is 631 g/mol. The van der Waals surface area contributed by atoms with Crippen molar-refractivity contribution >= 4 is 60.5 Å². The molecule has 0 amide bonds. The van der Waals surface area contributed by atoms with Gasteiger partial charge in [-0.1, -0.05) is 164 Å². The number of hydrogen-bond donors (Lipinski definition) is 0. The second kappa shape index (κ2) is 12.5. The molecule has 2 nitrogen and oxygen atoms in total. The van der Waals surface area contributed by atoms with Crippen LogP contribution in [0.3, 0.4) is 0 Å². The summed E-state index contributed by atoms with van der Waals surface area (Å²) in [6.45, 7) is 0. The van der Waals surface area contributed by atoms with Gasteiger partial charge in [-0.05, 0) is 85.9 Å². The van der Waals surface area contributed by atoms with E-state index in [0.717, 1.165) is 39.0 Å². The number of rotatable bonds is 6. The Balaban J connectivity index is 1.08. The van der Waals surface area contributed by atoms with Crippen LogP contribution in [0.4, 0.5) is 17.1 Å². The van der Waals surface area contributed by atoms with Crippen molar-refractivity contribution in [2.45, 2.75) is 0 Å². The van der Waals surface area contributed by atoms with E-state index in [9.17, 15) is 0 Å². The Hall–Kier alpha value is -6.90. The molecule has 0 spiro atoms. The maximum absolute atomic E-state index is 6.64. The van der Waals surface area contributed by atoms with Gasteiger partial charge >= 0.3 is 0 Å². The van der Waals surface area contributed by atoms with Gasteiger partial charge in [-0.2, -0.15) is 0 Å². The third-order valence-corrected chi connectivity index (χ3v) is 10.3. The standard InChI is InChI=1S/C50H33NO/c1-2-12-34(13-3-1)38-15-10-16-39(32-38)37-26-24-35(25-27-37)36-28-30-41(31-29-36)51(47-22-11-21-46-45-20-8-9-23-49(45)52-50(46)47)48-33-40-14-4-5-17-42(40)43-18-6-7-19-44(43)48/h1-33H. The molecule has 2 heteroatoms. The molecule has 0 saturated heterocycles. The normalized spacial score (nSPS) is 11.5. The van der Waals surface area contributed by atoms with Crippen molar-refractivity contribution in [3.05, 3.63) is 200 Å². The van der Waals surface area contributed by atoms with Gasteiger partial charge in [-0.3, -0.25) is 0 Å². The van der Waals surface area contributed by atoms with Gasteiger partial charge in [-0.15, -0.1) is 0 Å². The molecule has 0 aliphatic rings. The summed E-state index contributed by atoms with van der Waals surface area (Å²) in [7, 11) is 0. The highest BCUT2D eigenvalue weighted by atomic mass is 16.3. The summed E-state index contributed by atoms with van der Waals surface area (Å²) in [5, 5.41) is 7.08. The van der Waals surface area contributed by atoms with Gasteiger partial charge in [0.1, 0.15) is 5.58 Å². The lowest BCUT2D eigenvalue weighted by atomic mass is 9.97. The lowest BCUT2D eigenvalue weighted by Crippen LogP contribution is -2.11. The molecule has 10 rings (SSSR count). The van der Waals surface area contributed by atoms with Crippen LogP contribution in [-0.2, 0) is 0 Å². The minimum atomic E-state index is 0.872. The molecule has 0 aliphatic carbocycles. The van der Waals surface area contributed by atoms with Crippen molar-refractivity contribution in [2.24, 2.45) is 0 Å². The number of furan rings is 1. The van der Waals surface area contributed by atoms with Crippen molar-refractivity contribution in [1.82, 2.24) is 0 Å². The SMILES string of the molecule is c1ccc(-c2cccc(-c3ccc(-c4ccc(N(c5cc6ccccc6c6ccccc56)c5cccc6c5oc5ccccc56)cc4)cc3)c2)cc1. The number of fused-ring (bicyclic) bond motifs is 6. The van der Waals surface area contributed by atoms with Crippen molar-refractivity contribution in [2.75, 3.05) is 4.90 Å². The molecule has 0 radical (unpaired) electrons. The second-order valence-electron chi connectivity index (χ2n) is 13.3. The van der Waals surface area contributed by atoms with Crippen LogP contribution in [0.15, 0.2) is 205 Å². The summed E-state index contributed by atoms with van der Waals surface area (Å²) in [5.74, 6) is 0. The van der Waals surface area contributed by atoms with Crippen LogP contribution in [0.2, 0.25) is 0 Å².